The van der Waals surface area contributed by atoms with E-state index < -0.39 is 0 Å². The summed E-state index contributed by atoms with van der Waals surface area (Å²) in [5, 5.41) is 3.39. The summed E-state index contributed by atoms with van der Waals surface area (Å²) >= 11 is 0. The number of amides is 1. The Kier molecular flexibility index (Phi) is 6.90. The van der Waals surface area contributed by atoms with Crippen LogP contribution in [0.2, 0.25) is 0 Å². The van der Waals surface area contributed by atoms with E-state index in [-0.39, 0.29) is 5.91 Å². The number of hydrogen-bond acceptors (Lipinski definition) is 4. The second kappa shape index (κ2) is 9.58. The Balaban J connectivity index is 1.64. The normalized spacial score (nSPS) is 18.6. The summed E-state index contributed by atoms with van der Waals surface area (Å²) in [7, 11) is 0. The fourth-order valence-corrected chi connectivity index (χ4v) is 3.68. The Morgan fingerprint density at radius 2 is 1.81 bits per heavy atom. The molecule has 0 unspecified atom stereocenters. The smallest absolute Gasteiger partial charge is 0.219 e. The number of carbonyl (C=O) groups is 1. The Labute approximate surface area is 162 Å². The van der Waals surface area contributed by atoms with Gasteiger partial charge >= 0.3 is 0 Å². The molecule has 0 atom stereocenters. The maximum atomic E-state index is 11.5. The molecule has 0 spiro atoms. The van der Waals surface area contributed by atoms with Gasteiger partial charge in [0.05, 0.1) is 6.54 Å². The van der Waals surface area contributed by atoms with Gasteiger partial charge in [0.1, 0.15) is 5.82 Å². The fourth-order valence-electron chi connectivity index (χ4n) is 3.68. The van der Waals surface area contributed by atoms with Crippen molar-refractivity contribution in [2.75, 3.05) is 50.7 Å². The highest BCUT2D eigenvalue weighted by molar-refractivity contribution is 5.80. The van der Waals surface area contributed by atoms with Gasteiger partial charge in [0.25, 0.3) is 0 Å². The third kappa shape index (κ3) is 5.34. The molecule has 0 bridgehead atoms. The average molecular weight is 373 g/mol. The summed E-state index contributed by atoms with van der Waals surface area (Å²) in [4.78, 5) is 27.4. The van der Waals surface area contributed by atoms with E-state index >= 15 is 0 Å². The lowest BCUT2D eigenvalue weighted by Gasteiger charge is -2.36. The van der Waals surface area contributed by atoms with Gasteiger partial charge in [0.2, 0.25) is 5.91 Å². The molecule has 3 rings (SSSR count). The van der Waals surface area contributed by atoms with Crippen LogP contribution in [-0.4, -0.2) is 72.5 Å². The van der Waals surface area contributed by atoms with Gasteiger partial charge in [0, 0.05) is 58.9 Å². The number of aliphatic imine (C=N–C) groups is 1. The summed E-state index contributed by atoms with van der Waals surface area (Å²) in [6.07, 6.45) is 5.72. The van der Waals surface area contributed by atoms with Crippen LogP contribution in [0.4, 0.5) is 5.82 Å². The number of nitrogens with one attached hydrogen (secondary N) is 1. The first-order valence-electron chi connectivity index (χ1n) is 10.2. The number of carbonyl (C=O) groups excluding carboxylic acids is 1. The van der Waals surface area contributed by atoms with E-state index in [0.717, 1.165) is 57.6 Å². The molecule has 2 saturated heterocycles. The molecular weight excluding hydrogens is 340 g/mol. The number of nitrogens with zero attached hydrogens (tertiary/aromatic N) is 5. The van der Waals surface area contributed by atoms with Crippen LogP contribution in [0.25, 0.3) is 0 Å². The second-order valence-corrected chi connectivity index (χ2v) is 7.23. The average Bonchev–Trinajstić information content (AvgIpc) is 2.72. The van der Waals surface area contributed by atoms with Crippen molar-refractivity contribution in [2.24, 2.45) is 4.99 Å². The van der Waals surface area contributed by atoms with Crippen molar-refractivity contribution in [1.29, 1.82) is 0 Å². The predicted octanol–water partition coefficient (Wildman–Crippen LogP) is 1.70. The van der Waals surface area contributed by atoms with Crippen LogP contribution >= 0.6 is 0 Å². The number of anilines is 1. The quantitative estimate of drug-likeness (QED) is 0.644. The highest BCUT2D eigenvalue weighted by Crippen LogP contribution is 2.18. The largest absolute Gasteiger partial charge is 0.357 e. The number of piperazine rings is 1. The molecule has 0 aromatic carbocycles. The van der Waals surface area contributed by atoms with Crippen LogP contribution in [0.15, 0.2) is 23.3 Å². The third-order valence-electron chi connectivity index (χ3n) is 5.26. The first kappa shape index (κ1) is 19.5. The van der Waals surface area contributed by atoms with Crippen LogP contribution in [0.5, 0.6) is 0 Å². The van der Waals surface area contributed by atoms with E-state index in [1.54, 1.807) is 6.92 Å². The topological polar surface area (TPSA) is 64.1 Å². The molecule has 0 aliphatic carbocycles. The van der Waals surface area contributed by atoms with E-state index in [1.165, 1.54) is 24.8 Å². The third-order valence-corrected chi connectivity index (χ3v) is 5.26. The van der Waals surface area contributed by atoms with Gasteiger partial charge in [-0.05, 0) is 43.9 Å². The maximum absolute atomic E-state index is 11.5. The van der Waals surface area contributed by atoms with Gasteiger partial charge in [-0.3, -0.25) is 4.79 Å². The molecule has 2 fully saturated rings. The van der Waals surface area contributed by atoms with Gasteiger partial charge in [-0.15, -0.1) is 0 Å². The summed E-state index contributed by atoms with van der Waals surface area (Å²) < 4.78 is 0. The zero-order chi connectivity index (χ0) is 19.1. The number of rotatable bonds is 4. The highest BCUT2D eigenvalue weighted by atomic mass is 16.2. The molecule has 1 amide bonds. The first-order chi connectivity index (χ1) is 13.2. The van der Waals surface area contributed by atoms with Crippen molar-refractivity contribution in [3.63, 3.8) is 0 Å². The van der Waals surface area contributed by atoms with Crippen LogP contribution in [0.1, 0.15) is 38.7 Å². The molecule has 2 aliphatic rings. The van der Waals surface area contributed by atoms with Gasteiger partial charge in [0.15, 0.2) is 5.96 Å². The van der Waals surface area contributed by atoms with Crippen LogP contribution in [-0.2, 0) is 11.3 Å². The van der Waals surface area contributed by atoms with Crippen LogP contribution in [0.3, 0.4) is 0 Å². The standard InChI is InChI=1S/C20H32N6O/c1-3-21-20(26-13-11-24(12-14-26)17(2)27)23-16-18-7-8-22-19(15-18)25-9-5-4-6-10-25/h7-8,15H,3-6,9-14,16H2,1-2H3,(H,21,23). The fraction of sp³-hybridized carbons (Fsp3) is 0.650. The molecule has 1 aromatic heterocycles. The molecule has 3 heterocycles. The monoisotopic (exact) mass is 372 g/mol. The molecule has 1 N–H and O–H groups in total. The van der Waals surface area contributed by atoms with E-state index in [9.17, 15) is 4.79 Å². The summed E-state index contributed by atoms with van der Waals surface area (Å²) in [6.45, 7) is 10.6. The summed E-state index contributed by atoms with van der Waals surface area (Å²) in [5.41, 5.74) is 1.18. The van der Waals surface area contributed by atoms with Gasteiger partial charge < -0.3 is 20.0 Å². The molecule has 7 nitrogen and oxygen atoms in total. The van der Waals surface area contributed by atoms with Crippen molar-refractivity contribution in [3.8, 4) is 0 Å². The van der Waals surface area contributed by atoms with Gasteiger partial charge in [-0.1, -0.05) is 0 Å². The molecular formula is C20H32N6O. The number of guanidine groups is 1. The van der Waals surface area contributed by atoms with Gasteiger partial charge in [-0.25, -0.2) is 9.98 Å². The number of hydrogen-bond donors (Lipinski definition) is 1. The lowest BCUT2D eigenvalue weighted by atomic mass is 10.1. The zero-order valence-corrected chi connectivity index (χ0v) is 16.7. The molecule has 148 valence electrons. The van der Waals surface area contributed by atoms with E-state index in [0.29, 0.717) is 6.54 Å². The Morgan fingerprint density at radius 3 is 2.48 bits per heavy atom. The number of aromatic nitrogens is 1. The Bertz CT molecular complexity index is 648. The SMILES string of the molecule is CCNC(=NCc1ccnc(N2CCCCC2)c1)N1CCN(C(C)=O)CC1. The summed E-state index contributed by atoms with van der Waals surface area (Å²) in [5.74, 6) is 2.15. The van der Waals surface area contributed by atoms with Crippen molar-refractivity contribution in [2.45, 2.75) is 39.7 Å². The van der Waals surface area contributed by atoms with Crippen molar-refractivity contribution >= 4 is 17.7 Å². The van der Waals surface area contributed by atoms with E-state index in [2.05, 4.69) is 33.1 Å². The lowest BCUT2D eigenvalue weighted by Crippen LogP contribution is -2.53. The Morgan fingerprint density at radius 1 is 1.11 bits per heavy atom. The summed E-state index contributed by atoms with van der Waals surface area (Å²) in [6, 6.07) is 4.22. The zero-order valence-electron chi connectivity index (χ0n) is 16.7. The molecule has 0 radical (unpaired) electrons. The van der Waals surface area contributed by atoms with Crippen LogP contribution < -0.4 is 10.2 Å². The molecule has 7 heteroatoms. The molecule has 1 aromatic rings. The van der Waals surface area contributed by atoms with Crippen molar-refractivity contribution in [3.05, 3.63) is 23.9 Å². The van der Waals surface area contributed by atoms with Gasteiger partial charge in [-0.2, -0.15) is 0 Å². The van der Waals surface area contributed by atoms with Crippen LogP contribution in [0, 0.1) is 0 Å². The van der Waals surface area contributed by atoms with Crippen molar-refractivity contribution < 1.29 is 4.79 Å². The second-order valence-electron chi connectivity index (χ2n) is 7.23. The first-order valence-corrected chi connectivity index (χ1v) is 10.2. The molecule has 27 heavy (non-hydrogen) atoms. The lowest BCUT2D eigenvalue weighted by molar-refractivity contribution is -0.130. The predicted molar refractivity (Wildman–Crippen MR) is 109 cm³/mol. The number of pyridine rings is 1. The number of piperidine rings is 1. The van der Waals surface area contributed by atoms with Crippen molar-refractivity contribution in [1.82, 2.24) is 20.1 Å². The Hall–Kier alpha value is -2.31. The molecule has 2 aliphatic heterocycles. The van der Waals surface area contributed by atoms with E-state index in [1.807, 2.05) is 17.2 Å². The highest BCUT2D eigenvalue weighted by Gasteiger charge is 2.21. The van der Waals surface area contributed by atoms with E-state index in [4.69, 9.17) is 4.99 Å². The minimum absolute atomic E-state index is 0.151. The minimum atomic E-state index is 0.151. The maximum Gasteiger partial charge on any atom is 0.219 e. The minimum Gasteiger partial charge on any atom is -0.357 e. The molecule has 0 saturated carbocycles.